The van der Waals surface area contributed by atoms with Crippen molar-refractivity contribution in [2.45, 2.75) is 66.5 Å². The Hall–Kier alpha value is -2.20. The van der Waals surface area contributed by atoms with E-state index < -0.39 is 47.0 Å². The first-order valence-corrected chi connectivity index (χ1v) is 9.79. The summed E-state index contributed by atoms with van der Waals surface area (Å²) >= 11 is 0. The van der Waals surface area contributed by atoms with E-state index in [-0.39, 0.29) is 25.4 Å². The van der Waals surface area contributed by atoms with Crippen LogP contribution in [0.15, 0.2) is 0 Å². The monoisotopic (exact) mass is 415 g/mol. The molecule has 0 rings (SSSR count). The first kappa shape index (κ1) is 26.8. The summed E-state index contributed by atoms with van der Waals surface area (Å²) in [5, 5.41) is 11.5. The Morgan fingerprint density at radius 2 is 1.66 bits per heavy atom. The van der Waals surface area contributed by atoms with Gasteiger partial charge in [-0.15, -0.1) is 0 Å². The molecule has 0 aliphatic carbocycles. The van der Waals surface area contributed by atoms with Crippen LogP contribution in [-0.4, -0.2) is 58.9 Å². The van der Waals surface area contributed by atoms with Crippen LogP contribution in [-0.2, 0) is 19.2 Å². The van der Waals surface area contributed by atoms with E-state index >= 15 is 0 Å². The molecule has 0 aliphatic heterocycles. The second-order valence-electron chi connectivity index (χ2n) is 8.77. The maximum absolute atomic E-state index is 13.2. The number of carbonyl (C=O) groups is 4. The predicted molar refractivity (Wildman–Crippen MR) is 108 cm³/mol. The molecule has 0 heterocycles. The van der Waals surface area contributed by atoms with Gasteiger partial charge in [0.25, 0.3) is 0 Å². The van der Waals surface area contributed by atoms with Gasteiger partial charge >= 0.3 is 0 Å². The maximum Gasteiger partial charge on any atom is 0.246 e. The van der Waals surface area contributed by atoms with Gasteiger partial charge in [-0.05, 0) is 24.7 Å². The van der Waals surface area contributed by atoms with Crippen molar-refractivity contribution in [3.05, 3.63) is 0 Å². The normalized spacial score (nSPS) is 14.7. The number of carbonyl (C=O) groups excluding carboxylic acids is 4. The van der Waals surface area contributed by atoms with E-state index in [0.717, 1.165) is 0 Å². The summed E-state index contributed by atoms with van der Waals surface area (Å²) in [6.07, 6.45) is 0.185. The molecule has 0 spiro atoms. The van der Waals surface area contributed by atoms with Crippen LogP contribution in [0.4, 0.5) is 0 Å². The molecule has 0 saturated carbocycles. The van der Waals surface area contributed by atoms with Crippen LogP contribution in [0.5, 0.6) is 0 Å². The highest BCUT2D eigenvalue weighted by molar-refractivity contribution is 5.93. The molecular weight excluding hydrogens is 378 g/mol. The van der Waals surface area contributed by atoms with Crippen LogP contribution in [0.3, 0.4) is 0 Å². The third-order valence-electron chi connectivity index (χ3n) is 4.62. The minimum absolute atomic E-state index is 0.105. The number of hydrogen-bond donors (Lipinski definition) is 5. The molecule has 0 aromatic carbocycles. The van der Waals surface area contributed by atoms with Crippen molar-refractivity contribution in [2.24, 2.45) is 28.7 Å². The Morgan fingerprint density at radius 3 is 2.03 bits per heavy atom. The first-order chi connectivity index (χ1) is 13.3. The van der Waals surface area contributed by atoms with Crippen molar-refractivity contribution in [3.8, 4) is 0 Å². The van der Waals surface area contributed by atoms with E-state index in [1.165, 1.54) is 17.3 Å². The predicted octanol–water partition coefficient (Wildman–Crippen LogP) is -0.264. The number of hydroxylamine groups is 1. The number of rotatable bonds is 11. The summed E-state index contributed by atoms with van der Waals surface area (Å²) < 4.78 is 0. The van der Waals surface area contributed by atoms with Gasteiger partial charge in [0.1, 0.15) is 12.1 Å². The molecule has 0 radical (unpaired) electrons. The molecule has 10 nitrogen and oxygen atoms in total. The highest BCUT2D eigenvalue weighted by Crippen LogP contribution is 2.24. The fourth-order valence-electron chi connectivity index (χ4n) is 2.98. The highest BCUT2D eigenvalue weighted by Gasteiger charge is 2.39. The molecule has 0 aromatic heterocycles. The van der Waals surface area contributed by atoms with Gasteiger partial charge in [0, 0.05) is 25.4 Å². The zero-order valence-electron chi connectivity index (χ0n) is 18.3. The molecule has 0 unspecified atom stereocenters. The molecule has 0 bridgehead atoms. The van der Waals surface area contributed by atoms with E-state index in [9.17, 15) is 19.2 Å². The standard InChI is InChI=1S/C19H37N5O5/c1-11(2)9-13(10-14(25)23-29)17(27)22-15(19(4,5)6)18(28)24(8-7-20)12(3)16(21)26/h11-13,15,29H,7-10,20H2,1-6H3,(H2,21,26)(H,22,27)(H,23,25)/t12-,13+,15+/m0/s1. The minimum atomic E-state index is -0.963. The molecule has 0 saturated heterocycles. The first-order valence-electron chi connectivity index (χ1n) is 9.79. The van der Waals surface area contributed by atoms with E-state index in [0.29, 0.717) is 6.42 Å². The lowest BCUT2D eigenvalue weighted by molar-refractivity contribution is -0.145. The second kappa shape index (κ2) is 11.7. The van der Waals surface area contributed by atoms with E-state index in [2.05, 4.69) is 5.32 Å². The molecule has 29 heavy (non-hydrogen) atoms. The van der Waals surface area contributed by atoms with Gasteiger partial charge in [-0.2, -0.15) is 0 Å². The fraction of sp³-hybridized carbons (Fsp3) is 0.789. The zero-order chi connectivity index (χ0) is 22.9. The molecule has 0 aromatic rings. The molecule has 3 atom stereocenters. The number of nitrogens with zero attached hydrogens (tertiary/aromatic N) is 1. The Morgan fingerprint density at radius 1 is 1.10 bits per heavy atom. The maximum atomic E-state index is 13.2. The molecule has 10 heteroatoms. The largest absolute Gasteiger partial charge is 0.368 e. The third kappa shape index (κ3) is 8.78. The zero-order valence-corrected chi connectivity index (χ0v) is 18.3. The quantitative estimate of drug-likeness (QED) is 0.230. The van der Waals surface area contributed by atoms with E-state index in [4.69, 9.17) is 16.7 Å². The van der Waals surface area contributed by atoms with Crippen molar-refractivity contribution < 1.29 is 24.4 Å². The van der Waals surface area contributed by atoms with Gasteiger partial charge in [-0.1, -0.05) is 34.6 Å². The number of hydrogen-bond acceptors (Lipinski definition) is 6. The van der Waals surface area contributed by atoms with Crippen LogP contribution in [0, 0.1) is 17.3 Å². The lowest BCUT2D eigenvalue weighted by Crippen LogP contribution is -2.59. The fourth-order valence-corrected chi connectivity index (χ4v) is 2.98. The molecule has 0 fully saturated rings. The Labute approximate surface area is 172 Å². The van der Waals surface area contributed by atoms with Crippen molar-refractivity contribution in [1.82, 2.24) is 15.7 Å². The smallest absolute Gasteiger partial charge is 0.246 e. The topological polar surface area (TPSA) is 168 Å². The lowest BCUT2D eigenvalue weighted by Gasteiger charge is -2.37. The van der Waals surface area contributed by atoms with Crippen LogP contribution in [0.2, 0.25) is 0 Å². The van der Waals surface area contributed by atoms with Crippen molar-refractivity contribution >= 4 is 23.6 Å². The number of nitrogens with two attached hydrogens (primary N) is 2. The van der Waals surface area contributed by atoms with Crippen molar-refractivity contribution in [1.29, 1.82) is 0 Å². The van der Waals surface area contributed by atoms with Crippen molar-refractivity contribution in [2.75, 3.05) is 13.1 Å². The van der Waals surface area contributed by atoms with Gasteiger partial charge < -0.3 is 21.7 Å². The number of amides is 4. The van der Waals surface area contributed by atoms with Crippen LogP contribution in [0.1, 0.15) is 54.4 Å². The summed E-state index contributed by atoms with van der Waals surface area (Å²) in [6, 6.07) is -1.85. The highest BCUT2D eigenvalue weighted by atomic mass is 16.5. The number of nitrogens with one attached hydrogen (secondary N) is 2. The van der Waals surface area contributed by atoms with Gasteiger partial charge in [0.2, 0.25) is 23.6 Å². The van der Waals surface area contributed by atoms with E-state index in [1.54, 1.807) is 20.8 Å². The Bertz CT molecular complexity index is 588. The summed E-state index contributed by atoms with van der Waals surface area (Å²) in [4.78, 5) is 50.6. The second-order valence-corrected chi connectivity index (χ2v) is 8.77. The summed E-state index contributed by atoms with van der Waals surface area (Å²) in [5.41, 5.74) is 11.8. The summed E-state index contributed by atoms with van der Waals surface area (Å²) in [7, 11) is 0. The average molecular weight is 416 g/mol. The van der Waals surface area contributed by atoms with Gasteiger partial charge in [0.05, 0.1) is 0 Å². The molecule has 0 aliphatic rings. The lowest BCUT2D eigenvalue weighted by atomic mass is 9.84. The minimum Gasteiger partial charge on any atom is -0.368 e. The average Bonchev–Trinajstić information content (AvgIpc) is 2.60. The number of primary amides is 1. The van der Waals surface area contributed by atoms with E-state index in [1.807, 2.05) is 13.8 Å². The summed E-state index contributed by atoms with van der Waals surface area (Å²) in [5.74, 6) is -2.92. The van der Waals surface area contributed by atoms with Crippen LogP contribution in [0.25, 0.3) is 0 Å². The third-order valence-corrected chi connectivity index (χ3v) is 4.62. The van der Waals surface area contributed by atoms with Crippen LogP contribution < -0.4 is 22.3 Å². The van der Waals surface area contributed by atoms with Crippen molar-refractivity contribution in [3.63, 3.8) is 0 Å². The van der Waals surface area contributed by atoms with Gasteiger partial charge in [-0.25, -0.2) is 5.48 Å². The molecule has 168 valence electrons. The van der Waals surface area contributed by atoms with Gasteiger partial charge in [0.15, 0.2) is 0 Å². The van der Waals surface area contributed by atoms with Crippen LogP contribution >= 0.6 is 0 Å². The summed E-state index contributed by atoms with van der Waals surface area (Å²) in [6.45, 7) is 10.9. The SMILES string of the molecule is CC(C)C[C@H](CC(=O)NO)C(=O)N[C@H](C(=O)N(CCN)[C@@H](C)C(N)=O)C(C)(C)C. The molecule has 4 amide bonds. The Balaban J connectivity index is 5.75. The Kier molecular flexibility index (Phi) is 10.8. The van der Waals surface area contributed by atoms with Gasteiger partial charge in [-0.3, -0.25) is 24.4 Å². The molecular formula is C19H37N5O5. The molecule has 7 N–H and O–H groups in total.